The first-order valence-electron chi connectivity index (χ1n) is 15.9. The van der Waals surface area contributed by atoms with E-state index in [1.54, 1.807) is 11.3 Å². The summed E-state index contributed by atoms with van der Waals surface area (Å²) in [5, 5.41) is 11.1. The molecule has 0 amide bonds. The second-order valence-electron chi connectivity index (χ2n) is 11.8. The van der Waals surface area contributed by atoms with E-state index in [2.05, 4.69) is 132 Å². The van der Waals surface area contributed by atoms with E-state index in [0.29, 0.717) is 5.84 Å². The Morgan fingerprint density at radius 2 is 1.02 bits per heavy atom. The summed E-state index contributed by atoms with van der Waals surface area (Å²) in [6, 6.07) is 59.0. The normalized spacial score (nSPS) is 11.6. The van der Waals surface area contributed by atoms with Crippen LogP contribution in [0.2, 0.25) is 0 Å². The molecule has 0 atom stereocenters. The zero-order valence-electron chi connectivity index (χ0n) is 26.1. The number of hydrogen-bond donors (Lipinski definition) is 2. The van der Waals surface area contributed by atoms with E-state index in [4.69, 9.17) is 11.1 Å². The van der Waals surface area contributed by atoms with Crippen molar-refractivity contribution in [3.63, 3.8) is 0 Å². The Kier molecular flexibility index (Phi) is 7.69. The fourth-order valence-corrected chi connectivity index (χ4v) is 7.52. The molecule has 228 valence electrons. The molecule has 3 N–H and O–H groups in total. The number of benzene rings is 7. The minimum Gasteiger partial charge on any atom is -0.383 e. The molecule has 0 saturated heterocycles. The Hall–Kier alpha value is -6.10. The van der Waals surface area contributed by atoms with E-state index in [9.17, 15) is 0 Å². The van der Waals surface area contributed by atoms with Crippen LogP contribution in [-0.2, 0) is 0 Å². The van der Waals surface area contributed by atoms with Crippen LogP contribution in [0.4, 0.5) is 0 Å². The van der Waals surface area contributed by atoms with Crippen LogP contribution in [0.25, 0.3) is 64.7 Å². The maximum atomic E-state index is 8.96. The molecule has 48 heavy (non-hydrogen) atoms. The molecule has 8 aromatic rings. The van der Waals surface area contributed by atoms with Crippen molar-refractivity contribution in [3.05, 3.63) is 181 Å². The molecule has 3 nitrogen and oxygen atoms in total. The van der Waals surface area contributed by atoms with Crippen molar-refractivity contribution >= 4 is 43.2 Å². The number of hydrogen-bond acceptors (Lipinski definition) is 2. The minimum absolute atomic E-state index is 0.153. The first-order chi connectivity index (χ1) is 23.6. The van der Waals surface area contributed by atoms with E-state index >= 15 is 0 Å². The average molecular weight is 634 g/mol. The molecule has 0 spiro atoms. The van der Waals surface area contributed by atoms with E-state index in [1.807, 2.05) is 42.5 Å². The van der Waals surface area contributed by atoms with Gasteiger partial charge in [0, 0.05) is 31.3 Å². The minimum atomic E-state index is 0.153. The van der Waals surface area contributed by atoms with Gasteiger partial charge in [0.25, 0.3) is 0 Å². The monoisotopic (exact) mass is 633 g/mol. The predicted molar refractivity (Wildman–Crippen MR) is 205 cm³/mol. The van der Waals surface area contributed by atoms with Crippen LogP contribution in [0.3, 0.4) is 0 Å². The first kappa shape index (κ1) is 29.3. The Bertz CT molecular complexity index is 2480. The topological polar surface area (TPSA) is 62.2 Å². The molecule has 0 bridgehead atoms. The summed E-state index contributed by atoms with van der Waals surface area (Å²) in [6.07, 6.45) is 0. The summed E-state index contributed by atoms with van der Waals surface area (Å²) in [5.41, 5.74) is 17.3. The Balaban J connectivity index is 1.20. The highest BCUT2D eigenvalue weighted by molar-refractivity contribution is 7.25. The van der Waals surface area contributed by atoms with Crippen molar-refractivity contribution in [2.75, 3.05) is 0 Å². The first-order valence-corrected chi connectivity index (χ1v) is 16.7. The van der Waals surface area contributed by atoms with Crippen LogP contribution < -0.4 is 5.73 Å². The van der Waals surface area contributed by atoms with Gasteiger partial charge in [0.15, 0.2) is 5.84 Å². The lowest BCUT2D eigenvalue weighted by Gasteiger charge is -2.13. The van der Waals surface area contributed by atoms with Crippen molar-refractivity contribution < 1.29 is 0 Å². The van der Waals surface area contributed by atoms with Crippen molar-refractivity contribution in [1.82, 2.24) is 0 Å². The smallest absolute Gasteiger partial charge is 0.154 e. The molecule has 4 heteroatoms. The maximum absolute atomic E-state index is 8.96. The molecule has 0 aliphatic heterocycles. The summed E-state index contributed by atoms with van der Waals surface area (Å²) in [6.45, 7) is 0. The molecule has 0 radical (unpaired) electrons. The predicted octanol–water partition coefficient (Wildman–Crippen LogP) is 11.5. The summed E-state index contributed by atoms with van der Waals surface area (Å²) in [7, 11) is 0. The maximum Gasteiger partial charge on any atom is 0.154 e. The average Bonchev–Trinajstić information content (AvgIpc) is 3.54. The highest BCUT2D eigenvalue weighted by Crippen LogP contribution is 2.41. The van der Waals surface area contributed by atoms with Crippen molar-refractivity contribution in [1.29, 1.82) is 5.41 Å². The number of thiophene rings is 1. The molecule has 0 unspecified atom stereocenters. The van der Waals surface area contributed by atoms with Gasteiger partial charge in [0.2, 0.25) is 0 Å². The lowest BCUT2D eigenvalue weighted by molar-refractivity contribution is 1.41. The Morgan fingerprint density at radius 3 is 1.73 bits per heavy atom. The largest absolute Gasteiger partial charge is 0.383 e. The standard InChI is InChI=1S/C44H31N3S/c45-43(30-14-5-2-6-15-30)47-44(46)38-22-11-23-41-42(38)39-28-35(24-25-40(39)48-41)37-21-8-7-20-36(37)34-19-10-18-33(27-34)32-17-9-16-31(26-32)29-12-3-1-4-13-29/h1-28H,(H3,45,46,47). The molecule has 0 aliphatic carbocycles. The van der Waals surface area contributed by atoms with Gasteiger partial charge in [-0.05, 0) is 74.8 Å². The number of fused-ring (bicyclic) bond motifs is 3. The van der Waals surface area contributed by atoms with Crippen LogP contribution in [0.15, 0.2) is 175 Å². The van der Waals surface area contributed by atoms with Gasteiger partial charge in [-0.25, -0.2) is 4.99 Å². The Morgan fingerprint density at radius 1 is 0.479 bits per heavy atom. The molecular weight excluding hydrogens is 603 g/mol. The number of nitrogens with zero attached hydrogens (tertiary/aromatic N) is 1. The number of rotatable bonds is 6. The van der Waals surface area contributed by atoms with Gasteiger partial charge in [-0.1, -0.05) is 140 Å². The third-order valence-corrected chi connectivity index (χ3v) is 9.90. The second-order valence-corrected chi connectivity index (χ2v) is 12.9. The van der Waals surface area contributed by atoms with E-state index in [1.165, 1.54) is 32.5 Å². The van der Waals surface area contributed by atoms with Crippen molar-refractivity contribution in [3.8, 4) is 44.5 Å². The van der Waals surface area contributed by atoms with Crippen molar-refractivity contribution in [2.45, 2.75) is 0 Å². The lowest BCUT2D eigenvalue weighted by Crippen LogP contribution is -2.15. The molecule has 8 rings (SSSR count). The van der Waals surface area contributed by atoms with E-state index in [0.717, 1.165) is 43.3 Å². The van der Waals surface area contributed by atoms with Gasteiger partial charge in [-0.2, -0.15) is 0 Å². The van der Waals surface area contributed by atoms with Gasteiger partial charge in [0.1, 0.15) is 5.84 Å². The van der Waals surface area contributed by atoms with Gasteiger partial charge in [-0.15, -0.1) is 11.3 Å². The molecule has 0 saturated carbocycles. The van der Waals surface area contributed by atoms with Gasteiger partial charge in [0.05, 0.1) is 0 Å². The summed E-state index contributed by atoms with van der Waals surface area (Å²) >= 11 is 1.74. The number of nitrogens with two attached hydrogens (primary N) is 1. The van der Waals surface area contributed by atoms with E-state index in [-0.39, 0.29) is 5.84 Å². The van der Waals surface area contributed by atoms with Crippen LogP contribution >= 0.6 is 11.3 Å². The molecule has 0 aliphatic rings. The van der Waals surface area contributed by atoms with Gasteiger partial charge in [-0.3, -0.25) is 5.41 Å². The fraction of sp³-hybridized carbons (Fsp3) is 0. The van der Waals surface area contributed by atoms with Crippen LogP contribution in [0.5, 0.6) is 0 Å². The Labute approximate surface area is 283 Å². The summed E-state index contributed by atoms with van der Waals surface area (Å²) in [5.74, 6) is 0.487. The zero-order valence-corrected chi connectivity index (χ0v) is 26.9. The van der Waals surface area contributed by atoms with Gasteiger partial charge < -0.3 is 5.73 Å². The number of aliphatic imine (C=N–C) groups is 1. The zero-order chi connectivity index (χ0) is 32.5. The SMILES string of the molecule is N=C(N=C(N)c1ccccc1)c1cccc2sc3ccc(-c4ccccc4-c4cccc(-c5cccc(-c6ccccc6)c5)c4)cc3c12. The summed E-state index contributed by atoms with van der Waals surface area (Å²) < 4.78 is 2.29. The highest BCUT2D eigenvalue weighted by Gasteiger charge is 2.16. The lowest BCUT2D eigenvalue weighted by atomic mass is 9.91. The molecular formula is C44H31N3S. The highest BCUT2D eigenvalue weighted by atomic mass is 32.1. The quantitative estimate of drug-likeness (QED) is 0.139. The van der Waals surface area contributed by atoms with Crippen LogP contribution in [-0.4, -0.2) is 11.7 Å². The third-order valence-electron chi connectivity index (χ3n) is 8.77. The van der Waals surface area contributed by atoms with Gasteiger partial charge >= 0.3 is 0 Å². The molecule has 7 aromatic carbocycles. The van der Waals surface area contributed by atoms with Crippen LogP contribution in [0.1, 0.15) is 11.1 Å². The fourth-order valence-electron chi connectivity index (χ4n) is 6.41. The second kappa shape index (κ2) is 12.6. The van der Waals surface area contributed by atoms with Crippen molar-refractivity contribution in [2.24, 2.45) is 10.7 Å². The number of amidine groups is 2. The van der Waals surface area contributed by atoms with Crippen LogP contribution in [0, 0.1) is 5.41 Å². The molecule has 1 heterocycles. The van der Waals surface area contributed by atoms with E-state index < -0.39 is 0 Å². The number of nitrogens with one attached hydrogen (secondary N) is 1. The summed E-state index contributed by atoms with van der Waals surface area (Å²) in [4.78, 5) is 4.53. The third kappa shape index (κ3) is 5.59. The molecule has 1 aromatic heterocycles. The molecule has 0 fully saturated rings.